The lowest BCUT2D eigenvalue weighted by Gasteiger charge is -2.32. The van der Waals surface area contributed by atoms with Crippen molar-refractivity contribution in [2.45, 2.75) is 24.5 Å². The van der Waals surface area contributed by atoms with Crippen LogP contribution in [0.1, 0.15) is 29.7 Å². The third-order valence-electron chi connectivity index (χ3n) is 5.42. The number of alkyl halides is 3. The molecule has 31 heavy (non-hydrogen) atoms. The second-order valence-electron chi connectivity index (χ2n) is 7.32. The van der Waals surface area contributed by atoms with E-state index in [0.29, 0.717) is 11.4 Å². The Kier molecular flexibility index (Phi) is 5.45. The van der Waals surface area contributed by atoms with E-state index in [4.69, 9.17) is 4.99 Å². The predicted molar refractivity (Wildman–Crippen MR) is 114 cm³/mol. The van der Waals surface area contributed by atoms with E-state index in [1.54, 1.807) is 29.3 Å². The van der Waals surface area contributed by atoms with Crippen molar-refractivity contribution in [3.05, 3.63) is 70.8 Å². The highest BCUT2D eigenvalue weighted by molar-refractivity contribution is 7.99. The average molecular weight is 444 g/mol. The van der Waals surface area contributed by atoms with Crippen molar-refractivity contribution in [1.29, 1.82) is 5.26 Å². The van der Waals surface area contributed by atoms with E-state index in [0.717, 1.165) is 29.0 Å². The topological polar surface area (TPSA) is 71.7 Å². The highest BCUT2D eigenvalue weighted by atomic mass is 32.2. The highest BCUT2D eigenvalue weighted by Gasteiger charge is 2.44. The molecule has 1 fully saturated rings. The Bertz CT molecular complexity index is 1090. The summed E-state index contributed by atoms with van der Waals surface area (Å²) in [5.41, 5.74) is 5.59. The summed E-state index contributed by atoms with van der Waals surface area (Å²) in [6.45, 7) is 1.88. The first kappa shape index (κ1) is 21.3. The molecule has 2 heterocycles. The highest BCUT2D eigenvalue weighted by Crippen LogP contribution is 2.42. The first-order valence-electron chi connectivity index (χ1n) is 9.48. The number of aliphatic imine (C=N–C) groups is 1. The number of phenols is 1. The number of nitriles is 1. The molecule has 0 aliphatic carbocycles. The van der Waals surface area contributed by atoms with Gasteiger partial charge >= 0.3 is 6.18 Å². The summed E-state index contributed by atoms with van der Waals surface area (Å²) < 4.78 is 39.0. The van der Waals surface area contributed by atoms with Crippen LogP contribution in [0, 0.1) is 17.2 Å². The lowest BCUT2D eigenvalue weighted by Crippen LogP contribution is -2.38. The minimum Gasteiger partial charge on any atom is -0.508 e. The molecule has 9 heteroatoms. The smallest absolute Gasteiger partial charge is 0.416 e. The van der Waals surface area contributed by atoms with E-state index in [1.165, 1.54) is 23.9 Å². The van der Waals surface area contributed by atoms with E-state index >= 15 is 0 Å². The van der Waals surface area contributed by atoms with Crippen molar-refractivity contribution in [2.24, 2.45) is 10.9 Å². The van der Waals surface area contributed by atoms with Crippen molar-refractivity contribution < 1.29 is 18.3 Å². The van der Waals surface area contributed by atoms with Gasteiger partial charge in [0.2, 0.25) is 0 Å². The summed E-state index contributed by atoms with van der Waals surface area (Å²) in [6.07, 6.45) is -2.52. The van der Waals surface area contributed by atoms with Gasteiger partial charge in [0.15, 0.2) is 0 Å². The number of nitrogens with one attached hydrogen (secondary N) is 1. The Morgan fingerprint density at radius 3 is 2.32 bits per heavy atom. The fourth-order valence-corrected chi connectivity index (χ4v) is 4.53. The van der Waals surface area contributed by atoms with Crippen LogP contribution in [0.25, 0.3) is 5.70 Å². The molecule has 2 aromatic carbocycles. The zero-order valence-corrected chi connectivity index (χ0v) is 17.5. The lowest BCUT2D eigenvalue weighted by molar-refractivity contribution is -0.137. The number of hydrogen-bond acceptors (Lipinski definition) is 6. The van der Waals surface area contributed by atoms with Crippen LogP contribution in [0.2, 0.25) is 0 Å². The molecule has 0 spiro atoms. The second-order valence-corrected chi connectivity index (χ2v) is 8.29. The normalized spacial score (nSPS) is 23.4. The van der Waals surface area contributed by atoms with E-state index in [2.05, 4.69) is 11.5 Å². The van der Waals surface area contributed by atoms with Gasteiger partial charge < -0.3 is 5.11 Å². The molecule has 4 rings (SSSR count). The summed E-state index contributed by atoms with van der Waals surface area (Å²) in [7, 11) is 0. The van der Waals surface area contributed by atoms with Gasteiger partial charge in [-0.15, -0.1) is 11.8 Å². The molecule has 3 atom stereocenters. The van der Waals surface area contributed by atoms with Gasteiger partial charge in [0.25, 0.3) is 0 Å². The summed E-state index contributed by atoms with van der Waals surface area (Å²) in [5.74, 6) is 0.129. The molecular weight excluding hydrogens is 425 g/mol. The molecule has 2 N–H and O–H groups in total. The van der Waals surface area contributed by atoms with Crippen molar-refractivity contribution >= 4 is 23.3 Å². The number of nitrogens with zero attached hydrogens (tertiary/aromatic N) is 3. The van der Waals surface area contributed by atoms with Crippen molar-refractivity contribution in [1.82, 2.24) is 10.4 Å². The standard InChI is InChI=1S/C22H19F3N4OS/c1-12-18(13-3-7-15(8-4-13)22(23,24)25)27-20-17(11-26)21(31-2)28-29(20)19(12)14-5-9-16(30)10-6-14/h3-10,17-18,21,28,30H,1-2H3. The minimum absolute atomic E-state index is 0.122. The molecule has 0 saturated carbocycles. The number of rotatable bonds is 3. The molecule has 0 bridgehead atoms. The zero-order chi connectivity index (χ0) is 22.3. The fourth-order valence-electron chi connectivity index (χ4n) is 3.86. The fraction of sp³-hybridized carbons (Fsp3) is 0.273. The molecule has 0 aromatic heterocycles. The molecule has 0 radical (unpaired) electrons. The number of hydrogen-bond donors (Lipinski definition) is 2. The Morgan fingerprint density at radius 2 is 1.77 bits per heavy atom. The zero-order valence-electron chi connectivity index (χ0n) is 16.7. The predicted octanol–water partition coefficient (Wildman–Crippen LogP) is 4.94. The van der Waals surface area contributed by atoms with E-state index in [1.807, 2.05) is 13.2 Å². The van der Waals surface area contributed by atoms with Crippen LogP contribution in [0.15, 0.2) is 59.1 Å². The van der Waals surface area contributed by atoms with Gasteiger partial charge in [-0.25, -0.2) is 5.43 Å². The molecule has 1 saturated heterocycles. The number of phenolic OH excluding ortho intramolecular Hbond substituents is 1. The van der Waals surface area contributed by atoms with Crippen molar-refractivity contribution in [2.75, 3.05) is 6.26 Å². The first-order chi connectivity index (χ1) is 14.7. The van der Waals surface area contributed by atoms with Gasteiger partial charge in [-0.1, -0.05) is 12.1 Å². The van der Waals surface area contributed by atoms with Gasteiger partial charge in [-0.05, 0) is 66.3 Å². The molecule has 2 aliphatic rings. The first-order valence-corrected chi connectivity index (χ1v) is 10.8. The van der Waals surface area contributed by atoms with Crippen LogP contribution in [0.5, 0.6) is 5.75 Å². The molecule has 0 amide bonds. The summed E-state index contributed by atoms with van der Waals surface area (Å²) in [5, 5.41) is 21.0. The number of halogens is 3. The average Bonchev–Trinajstić information content (AvgIpc) is 3.11. The van der Waals surface area contributed by atoms with Gasteiger partial charge in [0, 0.05) is 0 Å². The summed E-state index contributed by atoms with van der Waals surface area (Å²) >= 11 is 1.49. The molecule has 160 valence electrons. The third kappa shape index (κ3) is 3.77. The number of aromatic hydroxyl groups is 1. The van der Waals surface area contributed by atoms with Crippen molar-refractivity contribution in [3.8, 4) is 11.8 Å². The van der Waals surface area contributed by atoms with Crippen LogP contribution < -0.4 is 5.43 Å². The third-order valence-corrected chi connectivity index (χ3v) is 6.31. The molecule has 2 aromatic rings. The van der Waals surface area contributed by atoms with E-state index in [9.17, 15) is 23.5 Å². The molecule has 3 unspecified atom stereocenters. The maximum Gasteiger partial charge on any atom is 0.416 e. The van der Waals surface area contributed by atoms with Crippen LogP contribution in [0.3, 0.4) is 0 Å². The number of amidine groups is 1. The molecule has 2 aliphatic heterocycles. The van der Waals surface area contributed by atoms with Gasteiger partial charge in [-0.3, -0.25) is 10.0 Å². The van der Waals surface area contributed by atoms with Gasteiger partial charge in [0.1, 0.15) is 23.5 Å². The molecular formula is C22H19F3N4OS. The number of thioether (sulfide) groups is 1. The lowest BCUT2D eigenvalue weighted by atomic mass is 9.92. The largest absolute Gasteiger partial charge is 0.508 e. The van der Waals surface area contributed by atoms with Crippen LogP contribution in [-0.4, -0.2) is 27.6 Å². The minimum atomic E-state index is -4.41. The SMILES string of the molecule is CSC1NN2C(=NC(c3ccc(C(F)(F)F)cc3)C(C)=C2c2ccc(O)cc2)C1C#N. The van der Waals surface area contributed by atoms with Crippen LogP contribution in [-0.2, 0) is 6.18 Å². The van der Waals surface area contributed by atoms with Gasteiger partial charge in [0.05, 0.1) is 22.7 Å². The monoisotopic (exact) mass is 444 g/mol. The van der Waals surface area contributed by atoms with Crippen LogP contribution in [0.4, 0.5) is 13.2 Å². The quantitative estimate of drug-likeness (QED) is 0.701. The molecule has 5 nitrogen and oxygen atoms in total. The Morgan fingerprint density at radius 1 is 1.13 bits per heavy atom. The maximum atomic E-state index is 13.0. The van der Waals surface area contributed by atoms with Gasteiger partial charge in [-0.2, -0.15) is 18.4 Å². The van der Waals surface area contributed by atoms with E-state index < -0.39 is 23.7 Å². The Hall–Kier alpha value is -2.96. The van der Waals surface area contributed by atoms with E-state index in [-0.39, 0.29) is 11.1 Å². The summed E-state index contributed by atoms with van der Waals surface area (Å²) in [6, 6.07) is 13.4. The summed E-state index contributed by atoms with van der Waals surface area (Å²) in [4.78, 5) is 4.79. The van der Waals surface area contributed by atoms with Crippen molar-refractivity contribution in [3.63, 3.8) is 0 Å². The maximum absolute atomic E-state index is 13.0. The Labute approximate surface area is 181 Å². The second kappa shape index (κ2) is 7.94. The van der Waals surface area contributed by atoms with Crippen LogP contribution >= 0.6 is 11.8 Å². The number of benzene rings is 2. The Balaban J connectivity index is 1.85. The number of fused-ring (bicyclic) bond motifs is 1. The number of hydrazine groups is 1.